The summed E-state index contributed by atoms with van der Waals surface area (Å²) in [5.41, 5.74) is 6.46. The van der Waals surface area contributed by atoms with Gasteiger partial charge in [0.15, 0.2) is 0 Å². The molecular formula is C16H16ClN3. The fourth-order valence-electron chi connectivity index (χ4n) is 2.46. The van der Waals surface area contributed by atoms with E-state index in [1.807, 2.05) is 38.1 Å². The molecule has 0 saturated carbocycles. The fourth-order valence-corrected chi connectivity index (χ4v) is 2.79. The number of para-hydroxylation sites is 1. The van der Waals surface area contributed by atoms with Crippen molar-refractivity contribution in [2.75, 3.05) is 5.32 Å². The maximum atomic E-state index is 6.06. The van der Waals surface area contributed by atoms with Crippen LogP contribution in [0.15, 0.2) is 30.3 Å². The summed E-state index contributed by atoms with van der Waals surface area (Å²) in [6.07, 6.45) is 0. The molecule has 102 valence electrons. The highest BCUT2D eigenvalue weighted by Gasteiger charge is 2.08. The molecule has 4 heteroatoms. The Balaban J connectivity index is 2.04. The van der Waals surface area contributed by atoms with Gasteiger partial charge in [-0.05, 0) is 55.7 Å². The third-order valence-electron chi connectivity index (χ3n) is 3.46. The Morgan fingerprint density at radius 1 is 1.05 bits per heavy atom. The molecule has 2 N–H and O–H groups in total. The molecule has 0 radical (unpaired) electrons. The first-order valence-corrected chi connectivity index (χ1v) is 6.91. The van der Waals surface area contributed by atoms with Crippen LogP contribution in [0.1, 0.15) is 16.7 Å². The van der Waals surface area contributed by atoms with E-state index in [0.29, 0.717) is 0 Å². The Morgan fingerprint density at radius 3 is 2.40 bits per heavy atom. The van der Waals surface area contributed by atoms with Gasteiger partial charge in [-0.1, -0.05) is 23.7 Å². The van der Waals surface area contributed by atoms with Crippen LogP contribution in [0.3, 0.4) is 0 Å². The average molecular weight is 286 g/mol. The summed E-state index contributed by atoms with van der Waals surface area (Å²) < 4.78 is 0. The number of nitrogens with zero attached hydrogens (tertiary/aromatic N) is 1. The van der Waals surface area contributed by atoms with Gasteiger partial charge in [-0.25, -0.2) is 4.98 Å². The van der Waals surface area contributed by atoms with Crippen LogP contribution < -0.4 is 5.32 Å². The van der Waals surface area contributed by atoms with Gasteiger partial charge in [0, 0.05) is 10.7 Å². The van der Waals surface area contributed by atoms with E-state index in [0.717, 1.165) is 44.4 Å². The minimum atomic E-state index is 0.753. The summed E-state index contributed by atoms with van der Waals surface area (Å²) in [5, 5.41) is 4.11. The zero-order valence-electron chi connectivity index (χ0n) is 11.7. The highest BCUT2D eigenvalue weighted by molar-refractivity contribution is 6.30. The number of fused-ring (bicyclic) bond motifs is 1. The molecule has 0 atom stereocenters. The molecule has 3 nitrogen and oxygen atoms in total. The molecule has 0 amide bonds. The third kappa shape index (κ3) is 2.25. The second-order valence-electron chi connectivity index (χ2n) is 5.10. The summed E-state index contributed by atoms with van der Waals surface area (Å²) in [6, 6.07) is 10.0. The van der Waals surface area contributed by atoms with Crippen LogP contribution in [0.2, 0.25) is 5.02 Å². The van der Waals surface area contributed by atoms with E-state index < -0.39 is 0 Å². The minimum Gasteiger partial charge on any atom is -0.325 e. The van der Waals surface area contributed by atoms with Crippen LogP contribution in [0.5, 0.6) is 0 Å². The van der Waals surface area contributed by atoms with Crippen LogP contribution in [0.4, 0.5) is 11.6 Å². The first kappa shape index (κ1) is 13.0. The molecule has 2 aromatic carbocycles. The van der Waals surface area contributed by atoms with E-state index in [1.165, 1.54) is 0 Å². The normalized spacial score (nSPS) is 11.0. The van der Waals surface area contributed by atoms with Crippen molar-refractivity contribution in [3.8, 4) is 0 Å². The number of rotatable bonds is 2. The highest BCUT2D eigenvalue weighted by atomic mass is 35.5. The number of aryl methyl sites for hydroxylation is 3. The Hall–Kier alpha value is -2.00. The predicted octanol–water partition coefficient (Wildman–Crippen LogP) is 4.89. The summed E-state index contributed by atoms with van der Waals surface area (Å²) in [5.74, 6) is 0.753. The maximum Gasteiger partial charge on any atom is 0.205 e. The number of imidazole rings is 1. The van der Waals surface area contributed by atoms with Crippen molar-refractivity contribution >= 4 is 34.3 Å². The zero-order valence-corrected chi connectivity index (χ0v) is 12.5. The molecule has 1 aromatic heterocycles. The lowest BCUT2D eigenvalue weighted by Gasteiger charge is -2.11. The molecule has 0 aliphatic carbocycles. The number of aromatic amines is 1. The van der Waals surface area contributed by atoms with Crippen LogP contribution >= 0.6 is 11.6 Å². The molecule has 0 unspecified atom stereocenters. The van der Waals surface area contributed by atoms with E-state index in [2.05, 4.69) is 28.3 Å². The van der Waals surface area contributed by atoms with Gasteiger partial charge in [-0.3, -0.25) is 0 Å². The summed E-state index contributed by atoms with van der Waals surface area (Å²) in [6.45, 7) is 6.13. The molecule has 0 aliphatic rings. The first-order valence-electron chi connectivity index (χ1n) is 6.53. The molecule has 20 heavy (non-hydrogen) atoms. The second kappa shape index (κ2) is 4.84. The Bertz CT molecular complexity index is 767. The molecule has 0 saturated heterocycles. The molecule has 3 rings (SSSR count). The fraction of sp³-hybridized carbons (Fsp3) is 0.188. The number of nitrogens with one attached hydrogen (secondary N) is 2. The molecular weight excluding hydrogens is 270 g/mol. The lowest BCUT2D eigenvalue weighted by Crippen LogP contribution is -1.97. The molecule has 0 aliphatic heterocycles. The maximum absolute atomic E-state index is 6.06. The summed E-state index contributed by atoms with van der Waals surface area (Å²) in [4.78, 5) is 7.91. The van der Waals surface area contributed by atoms with Crippen molar-refractivity contribution < 1.29 is 0 Å². The van der Waals surface area contributed by atoms with Gasteiger partial charge in [-0.2, -0.15) is 0 Å². The zero-order chi connectivity index (χ0) is 14.3. The third-order valence-corrected chi connectivity index (χ3v) is 3.67. The van der Waals surface area contributed by atoms with Gasteiger partial charge in [0.05, 0.1) is 11.0 Å². The van der Waals surface area contributed by atoms with Gasteiger partial charge in [0.1, 0.15) is 0 Å². The van der Waals surface area contributed by atoms with Crippen LogP contribution in [0.25, 0.3) is 11.0 Å². The summed E-state index contributed by atoms with van der Waals surface area (Å²) >= 11 is 6.06. The number of H-pyrrole nitrogens is 1. The van der Waals surface area contributed by atoms with Gasteiger partial charge >= 0.3 is 0 Å². The van der Waals surface area contributed by atoms with Crippen LogP contribution in [0, 0.1) is 20.8 Å². The van der Waals surface area contributed by atoms with Crippen molar-refractivity contribution in [1.82, 2.24) is 9.97 Å². The van der Waals surface area contributed by atoms with Crippen molar-refractivity contribution in [3.63, 3.8) is 0 Å². The van der Waals surface area contributed by atoms with E-state index in [1.54, 1.807) is 0 Å². The Morgan fingerprint density at radius 2 is 1.75 bits per heavy atom. The first-order chi connectivity index (χ1) is 9.54. The Labute approximate surface area is 123 Å². The largest absolute Gasteiger partial charge is 0.325 e. The number of hydrogen-bond donors (Lipinski definition) is 2. The minimum absolute atomic E-state index is 0.753. The van der Waals surface area contributed by atoms with Crippen molar-refractivity contribution in [2.45, 2.75) is 20.8 Å². The molecule has 0 bridgehead atoms. The van der Waals surface area contributed by atoms with Crippen molar-refractivity contribution in [2.24, 2.45) is 0 Å². The standard InChI is InChI=1S/C16H16ClN3/c1-9-5-4-6-13-15(9)20-16(18-13)19-14-10(2)7-12(17)8-11(14)3/h4-8H,1-3H3,(H2,18,19,20). The quantitative estimate of drug-likeness (QED) is 0.704. The summed E-state index contributed by atoms with van der Waals surface area (Å²) in [7, 11) is 0. The smallest absolute Gasteiger partial charge is 0.205 e. The molecule has 3 aromatic rings. The average Bonchev–Trinajstić information content (AvgIpc) is 2.78. The molecule has 1 heterocycles. The van der Waals surface area contributed by atoms with E-state index in [4.69, 9.17) is 11.6 Å². The highest BCUT2D eigenvalue weighted by Crippen LogP contribution is 2.28. The topological polar surface area (TPSA) is 40.7 Å². The van der Waals surface area contributed by atoms with Crippen molar-refractivity contribution in [1.29, 1.82) is 0 Å². The predicted molar refractivity (Wildman–Crippen MR) is 85.0 cm³/mol. The number of anilines is 2. The van der Waals surface area contributed by atoms with E-state index >= 15 is 0 Å². The SMILES string of the molecule is Cc1cc(Cl)cc(C)c1Nc1nc2c(C)cccc2[nH]1. The number of hydrogen-bond acceptors (Lipinski definition) is 2. The van der Waals surface area contributed by atoms with Crippen LogP contribution in [-0.4, -0.2) is 9.97 Å². The van der Waals surface area contributed by atoms with E-state index in [-0.39, 0.29) is 0 Å². The van der Waals surface area contributed by atoms with Crippen molar-refractivity contribution in [3.05, 3.63) is 52.0 Å². The molecule has 0 spiro atoms. The Kier molecular flexibility index (Phi) is 3.14. The van der Waals surface area contributed by atoms with Gasteiger partial charge < -0.3 is 10.3 Å². The number of halogens is 1. The lowest BCUT2D eigenvalue weighted by atomic mass is 10.1. The second-order valence-corrected chi connectivity index (χ2v) is 5.53. The lowest BCUT2D eigenvalue weighted by molar-refractivity contribution is 1.27. The van der Waals surface area contributed by atoms with Gasteiger partial charge in [0.2, 0.25) is 5.95 Å². The monoisotopic (exact) mass is 285 g/mol. The van der Waals surface area contributed by atoms with Gasteiger partial charge in [0.25, 0.3) is 0 Å². The van der Waals surface area contributed by atoms with Crippen LogP contribution in [-0.2, 0) is 0 Å². The number of benzene rings is 2. The molecule has 0 fully saturated rings. The number of aromatic nitrogens is 2. The van der Waals surface area contributed by atoms with Gasteiger partial charge in [-0.15, -0.1) is 0 Å². The van der Waals surface area contributed by atoms with E-state index in [9.17, 15) is 0 Å².